The molecule has 6 amide bonds. The van der Waals surface area contributed by atoms with E-state index in [1.165, 1.54) is 28.8 Å². The van der Waals surface area contributed by atoms with Crippen molar-refractivity contribution in [3.05, 3.63) is 71.7 Å². The zero-order valence-electron chi connectivity index (χ0n) is 26.8. The number of hydrogen-bond acceptors (Lipinski definition) is 10. The number of nitrogens with zero attached hydrogens (tertiary/aromatic N) is 6. The van der Waals surface area contributed by atoms with E-state index >= 15 is 0 Å². The monoisotopic (exact) mass is 711 g/mol. The van der Waals surface area contributed by atoms with E-state index in [2.05, 4.69) is 10.6 Å². The first-order valence-electron chi connectivity index (χ1n) is 15.1. The van der Waals surface area contributed by atoms with Crippen molar-refractivity contribution in [2.45, 2.75) is 28.9 Å². The molecule has 3 aliphatic heterocycles. The van der Waals surface area contributed by atoms with Crippen LogP contribution in [0.4, 0.5) is 0 Å². The number of hydrazine groups is 1. The third-order valence-electron chi connectivity index (χ3n) is 8.30. The van der Waals surface area contributed by atoms with Crippen molar-refractivity contribution >= 4 is 65.9 Å². The van der Waals surface area contributed by atoms with Crippen LogP contribution < -0.4 is 20.3 Å². The van der Waals surface area contributed by atoms with Crippen molar-refractivity contribution in [2.24, 2.45) is 0 Å². The van der Waals surface area contributed by atoms with Crippen LogP contribution in [0.15, 0.2) is 71.0 Å². The quantitative estimate of drug-likeness (QED) is 0.0539. The van der Waals surface area contributed by atoms with Crippen molar-refractivity contribution in [1.82, 2.24) is 30.5 Å². The highest BCUT2D eigenvalue weighted by molar-refractivity contribution is 8.01. The molecule has 1 aromatic carbocycles. The molecule has 1 aromatic heterocycles. The van der Waals surface area contributed by atoms with Gasteiger partial charge in [-0.15, -0.1) is 23.5 Å². The Morgan fingerprint density at radius 3 is 2.39 bits per heavy atom. The summed E-state index contributed by atoms with van der Waals surface area (Å²) in [5, 5.41) is 17.7. The second kappa shape index (κ2) is 14.6. The van der Waals surface area contributed by atoms with Crippen LogP contribution in [0.25, 0.3) is 0 Å². The maximum atomic E-state index is 14.2. The minimum absolute atomic E-state index is 0.0805. The maximum absolute atomic E-state index is 14.2. The van der Waals surface area contributed by atoms with Gasteiger partial charge >= 0.3 is 17.8 Å². The lowest BCUT2D eigenvalue weighted by Gasteiger charge is -2.56. The predicted octanol–water partition coefficient (Wildman–Crippen LogP) is -1.12. The number of carbonyl (C=O) groups excluding carboxylic acids is 6. The molecule has 5 rings (SSSR count). The van der Waals surface area contributed by atoms with Gasteiger partial charge in [0.05, 0.1) is 20.6 Å². The number of amides is 6. The standard InChI is InChI=1S/C31H34N8O8S2/c1-4-35-14-15-37(27(44)26(35)43)38(19-41)23(20-8-6-5-7-9-20)25(42)33-31(32-18-40)29(47)39-24(28(45)46)21(17-49-30(31)39)16-48-22-10-12-36(13-11-22)34(2)3/h5-13,18-19,23,30H,4,14-17H2,1-3H3,(H2-,32,33,40,42,45,46)/p+1/t23-,30-,31-/m1/s1. The number of fused-ring (bicyclic) bond motifs is 1. The summed E-state index contributed by atoms with van der Waals surface area (Å²) in [7, 11) is 3.77. The SMILES string of the molecule is CCN1CCN(N(C=O)[C@@H](C(=O)N[C@]2(NC=O)C(=O)N3C(C(=O)O)=C(CSc4cc[n+](N(C)C)cc4)CS[C@@H]32)c2ccccc2)C(=O)C1=O. The van der Waals surface area contributed by atoms with Crippen LogP contribution in [0.3, 0.4) is 0 Å². The smallest absolute Gasteiger partial charge is 0.352 e. The van der Waals surface area contributed by atoms with Crippen molar-refractivity contribution in [3.8, 4) is 0 Å². The minimum Gasteiger partial charge on any atom is -0.477 e. The summed E-state index contributed by atoms with van der Waals surface area (Å²) in [5.74, 6) is -4.63. The third kappa shape index (κ3) is 6.52. The fourth-order valence-corrected chi connectivity index (χ4v) is 8.26. The van der Waals surface area contributed by atoms with E-state index < -0.39 is 46.7 Å². The van der Waals surface area contributed by atoms with Gasteiger partial charge in [0.25, 0.3) is 11.8 Å². The van der Waals surface area contributed by atoms with Crippen molar-refractivity contribution in [3.63, 3.8) is 0 Å². The molecule has 49 heavy (non-hydrogen) atoms. The van der Waals surface area contributed by atoms with Crippen molar-refractivity contribution < 1.29 is 43.3 Å². The summed E-state index contributed by atoms with van der Waals surface area (Å²) < 4.78 is 1.86. The van der Waals surface area contributed by atoms with Gasteiger partial charge in [-0.2, -0.15) is 5.01 Å². The lowest BCUT2D eigenvalue weighted by molar-refractivity contribution is -0.687. The number of pyridine rings is 1. The number of carboxylic acid groups (broad SMARTS) is 1. The summed E-state index contributed by atoms with van der Waals surface area (Å²) in [6, 6.07) is 10.1. The van der Waals surface area contributed by atoms with E-state index in [1.54, 1.807) is 25.1 Å². The number of carboxylic acids is 1. The Kier molecular flexibility index (Phi) is 10.5. The molecule has 4 heterocycles. The zero-order valence-corrected chi connectivity index (χ0v) is 28.5. The first-order chi connectivity index (χ1) is 23.5. The molecule has 258 valence electrons. The molecule has 3 N–H and O–H groups in total. The Morgan fingerprint density at radius 2 is 1.80 bits per heavy atom. The number of thioether (sulfide) groups is 2. The number of benzene rings is 1. The van der Waals surface area contributed by atoms with Crippen LogP contribution in [0.2, 0.25) is 0 Å². The first kappa shape index (κ1) is 35.2. The number of likely N-dealkylation sites (N-methyl/N-ethyl adjacent to an activating group) is 1. The van der Waals surface area contributed by atoms with Crippen LogP contribution in [0, 0.1) is 0 Å². The Labute approximate surface area is 290 Å². The first-order valence-corrected chi connectivity index (χ1v) is 17.2. The maximum Gasteiger partial charge on any atom is 0.352 e. The second-order valence-electron chi connectivity index (χ2n) is 11.3. The summed E-state index contributed by atoms with van der Waals surface area (Å²) >= 11 is 2.55. The lowest BCUT2D eigenvalue weighted by atomic mass is 9.94. The van der Waals surface area contributed by atoms with Gasteiger partial charge in [0, 0.05) is 41.6 Å². The summed E-state index contributed by atoms with van der Waals surface area (Å²) in [5.41, 5.74) is -1.60. The van der Waals surface area contributed by atoms with Crippen LogP contribution in [-0.4, -0.2) is 124 Å². The Bertz CT molecular complexity index is 1690. The highest BCUT2D eigenvalue weighted by Gasteiger charge is 2.66. The normalized spacial score (nSPS) is 21.0. The van der Waals surface area contributed by atoms with Gasteiger partial charge in [0.2, 0.25) is 30.9 Å². The number of piperazine rings is 1. The third-order valence-corrected chi connectivity index (χ3v) is 10.8. The Hall–Kier alpha value is -5.10. The van der Waals surface area contributed by atoms with Gasteiger partial charge in [-0.3, -0.25) is 33.7 Å². The highest BCUT2D eigenvalue weighted by atomic mass is 32.2. The fourth-order valence-electron chi connectivity index (χ4n) is 5.81. The van der Waals surface area contributed by atoms with Gasteiger partial charge in [-0.05, 0) is 18.1 Å². The van der Waals surface area contributed by atoms with Crippen molar-refractivity contribution in [1.29, 1.82) is 0 Å². The van der Waals surface area contributed by atoms with Gasteiger partial charge in [-0.25, -0.2) is 14.8 Å². The zero-order chi connectivity index (χ0) is 35.5. The summed E-state index contributed by atoms with van der Waals surface area (Å²) in [6.07, 6.45) is 4.18. The van der Waals surface area contributed by atoms with Gasteiger partial charge in [0.15, 0.2) is 6.04 Å². The molecule has 0 radical (unpaired) electrons. The van der Waals surface area contributed by atoms with E-state index in [4.69, 9.17) is 0 Å². The van der Waals surface area contributed by atoms with Gasteiger partial charge in [0.1, 0.15) is 11.1 Å². The molecule has 16 nitrogen and oxygen atoms in total. The predicted molar refractivity (Wildman–Crippen MR) is 176 cm³/mol. The number of nitrogens with one attached hydrogen (secondary N) is 2. The minimum atomic E-state index is -2.08. The second-order valence-corrected chi connectivity index (χ2v) is 13.4. The average Bonchev–Trinajstić information content (AvgIpc) is 3.10. The molecule has 3 aliphatic rings. The molecule has 0 aliphatic carbocycles. The van der Waals surface area contributed by atoms with Crippen LogP contribution in [0.5, 0.6) is 0 Å². The molecular weight excluding hydrogens is 677 g/mol. The van der Waals surface area contributed by atoms with E-state index in [0.717, 1.165) is 31.6 Å². The average molecular weight is 712 g/mol. The lowest BCUT2D eigenvalue weighted by Crippen LogP contribution is -2.85. The van der Waals surface area contributed by atoms with E-state index in [0.29, 0.717) is 5.57 Å². The van der Waals surface area contributed by atoms with Crippen LogP contribution in [-0.2, 0) is 33.6 Å². The van der Waals surface area contributed by atoms with E-state index in [-0.39, 0.29) is 55.2 Å². The molecule has 2 fully saturated rings. The summed E-state index contributed by atoms with van der Waals surface area (Å²) in [6.45, 7) is 2.01. The number of aromatic nitrogens is 1. The van der Waals surface area contributed by atoms with Crippen molar-refractivity contribution in [2.75, 3.05) is 50.2 Å². The van der Waals surface area contributed by atoms with E-state index in [1.807, 2.05) is 48.3 Å². The number of hydrogen-bond donors (Lipinski definition) is 3. The highest BCUT2D eigenvalue weighted by Crippen LogP contribution is 2.46. The largest absolute Gasteiger partial charge is 0.477 e. The van der Waals surface area contributed by atoms with Crippen LogP contribution >= 0.6 is 23.5 Å². The molecule has 2 aromatic rings. The topological polar surface area (TPSA) is 184 Å². The van der Waals surface area contributed by atoms with Gasteiger partial charge in [-0.1, -0.05) is 35.0 Å². The fraction of sp³-hybridized carbons (Fsp3) is 0.355. The Morgan fingerprint density at radius 1 is 1.10 bits per heavy atom. The summed E-state index contributed by atoms with van der Waals surface area (Å²) in [4.78, 5) is 94.1. The number of aliphatic carboxylic acids is 1. The molecule has 3 atom stereocenters. The number of rotatable bonds is 14. The number of β-lactam (4-membered cyclic amide) rings is 1. The molecule has 0 saturated carbocycles. The molecular formula is C31H35N8O8S2+. The Balaban J connectivity index is 1.43. The molecule has 0 unspecified atom stereocenters. The van der Waals surface area contributed by atoms with Crippen LogP contribution in [0.1, 0.15) is 18.5 Å². The number of carbonyl (C=O) groups is 7. The van der Waals surface area contributed by atoms with Gasteiger partial charge < -0.3 is 20.6 Å². The molecule has 0 bridgehead atoms. The van der Waals surface area contributed by atoms with E-state index in [9.17, 15) is 38.7 Å². The molecule has 0 spiro atoms. The molecule has 2 saturated heterocycles. The molecule has 18 heteroatoms.